The van der Waals surface area contributed by atoms with Gasteiger partial charge >= 0.3 is 12.0 Å². The van der Waals surface area contributed by atoms with E-state index in [0.717, 1.165) is 37.4 Å². The third kappa shape index (κ3) is 9.05. The molecular weight excluding hydrogens is 769 g/mol. The highest BCUT2D eigenvalue weighted by Crippen LogP contribution is 2.37. The zero-order valence-electron chi connectivity index (χ0n) is 33.5. The van der Waals surface area contributed by atoms with Gasteiger partial charge in [-0.15, -0.1) is 0 Å². The summed E-state index contributed by atoms with van der Waals surface area (Å²) in [6.07, 6.45) is 3.36. The second kappa shape index (κ2) is 17.1. The Labute approximate surface area is 340 Å². The fourth-order valence-electron chi connectivity index (χ4n) is 7.78. The summed E-state index contributed by atoms with van der Waals surface area (Å²) >= 11 is 0. The smallest absolute Gasteiger partial charge is 0.342 e. The molecule has 0 saturated carbocycles. The van der Waals surface area contributed by atoms with Crippen LogP contribution in [0.2, 0.25) is 0 Å². The van der Waals surface area contributed by atoms with E-state index >= 15 is 0 Å². The lowest BCUT2D eigenvalue weighted by atomic mass is 9.96. The van der Waals surface area contributed by atoms with E-state index in [1.807, 2.05) is 9.91 Å². The van der Waals surface area contributed by atoms with Gasteiger partial charge in [0.1, 0.15) is 11.4 Å². The first kappa shape index (κ1) is 41.2. The number of hydrogen-bond donors (Lipinski definition) is 3. The minimum atomic E-state index is -3.61. The van der Waals surface area contributed by atoms with Gasteiger partial charge in [-0.3, -0.25) is 39.7 Å². The van der Waals surface area contributed by atoms with Crippen molar-refractivity contribution in [3.8, 4) is 5.75 Å². The number of carbonyl (C=O) groups excluding carboxylic acids is 5. The molecule has 4 aliphatic heterocycles. The van der Waals surface area contributed by atoms with E-state index in [4.69, 9.17) is 4.74 Å². The molecule has 19 heteroatoms. The van der Waals surface area contributed by atoms with Gasteiger partial charge in [-0.2, -0.15) is 13.8 Å². The van der Waals surface area contributed by atoms with Crippen LogP contribution in [0.1, 0.15) is 53.8 Å². The van der Waals surface area contributed by atoms with Gasteiger partial charge in [-0.1, -0.05) is 0 Å². The maximum Gasteiger partial charge on any atom is 0.342 e. The quantitative estimate of drug-likeness (QED) is 0.273. The van der Waals surface area contributed by atoms with Gasteiger partial charge in [0.25, 0.3) is 17.7 Å². The van der Waals surface area contributed by atoms with Crippen LogP contribution in [0.15, 0.2) is 48.7 Å². The number of rotatable bonds is 10. The number of halogens is 2. The zero-order chi connectivity index (χ0) is 42.0. The summed E-state index contributed by atoms with van der Waals surface area (Å²) in [5.41, 5.74) is 5.19. The van der Waals surface area contributed by atoms with Crippen molar-refractivity contribution in [2.45, 2.75) is 45.1 Å². The van der Waals surface area contributed by atoms with Crippen molar-refractivity contribution >= 4 is 58.5 Å². The molecule has 1 aromatic heterocycles. The van der Waals surface area contributed by atoms with Crippen molar-refractivity contribution < 1.29 is 37.5 Å². The maximum atomic E-state index is 14.7. The minimum Gasteiger partial charge on any atom is -0.495 e. The Morgan fingerprint density at radius 1 is 0.966 bits per heavy atom. The third-order valence-corrected chi connectivity index (χ3v) is 11.2. The predicted molar refractivity (Wildman–Crippen MR) is 215 cm³/mol. The molecule has 0 radical (unpaired) electrons. The van der Waals surface area contributed by atoms with Gasteiger partial charge in [0, 0.05) is 88.7 Å². The lowest BCUT2D eigenvalue weighted by Crippen LogP contribution is -2.51. The van der Waals surface area contributed by atoms with Crippen molar-refractivity contribution in [2.24, 2.45) is 5.92 Å². The highest BCUT2D eigenvalue weighted by atomic mass is 19.3. The van der Waals surface area contributed by atoms with E-state index < -0.39 is 24.4 Å². The average Bonchev–Trinajstić information content (AvgIpc) is 3.30. The highest BCUT2D eigenvalue weighted by Gasteiger charge is 2.47. The van der Waals surface area contributed by atoms with Crippen LogP contribution >= 0.6 is 0 Å². The summed E-state index contributed by atoms with van der Waals surface area (Å²) in [5, 5.41) is 7.30. The molecule has 2 aromatic carbocycles. The monoisotopic (exact) mass is 817 g/mol. The Kier molecular flexibility index (Phi) is 12.0. The number of amides is 6. The lowest BCUT2D eigenvalue weighted by molar-refractivity contribution is -0.140. The van der Waals surface area contributed by atoms with Crippen LogP contribution in [0, 0.1) is 5.92 Å². The molecule has 0 aliphatic carbocycles. The molecule has 3 N–H and O–H groups in total. The van der Waals surface area contributed by atoms with E-state index in [1.54, 1.807) is 56.3 Å². The number of alkyl halides is 2. The van der Waals surface area contributed by atoms with Gasteiger partial charge in [0.2, 0.25) is 11.9 Å². The number of carbonyl (C=O) groups is 5. The normalized spacial score (nSPS) is 19.3. The second-order valence-corrected chi connectivity index (χ2v) is 15.5. The largest absolute Gasteiger partial charge is 0.495 e. The topological polar surface area (TPSA) is 176 Å². The number of piperidine rings is 1. The van der Waals surface area contributed by atoms with Crippen LogP contribution in [0.3, 0.4) is 0 Å². The highest BCUT2D eigenvalue weighted by molar-refractivity contribution is 6.06. The Bertz CT molecular complexity index is 2090. The van der Waals surface area contributed by atoms with Crippen molar-refractivity contribution in [3.05, 3.63) is 59.8 Å². The minimum absolute atomic E-state index is 0.0522. The fraction of sp³-hybridized carbons (Fsp3) is 0.475. The van der Waals surface area contributed by atoms with Crippen molar-refractivity contribution in [1.29, 1.82) is 0 Å². The molecule has 0 atom stereocenters. The first-order chi connectivity index (χ1) is 28.2. The van der Waals surface area contributed by atoms with Crippen molar-refractivity contribution in [1.82, 2.24) is 35.5 Å². The van der Waals surface area contributed by atoms with Crippen molar-refractivity contribution in [2.75, 3.05) is 93.1 Å². The van der Waals surface area contributed by atoms with E-state index in [-0.39, 0.29) is 47.6 Å². The molecule has 0 unspecified atom stereocenters. The molecule has 3 aromatic rings. The molecule has 59 heavy (non-hydrogen) atoms. The van der Waals surface area contributed by atoms with E-state index in [2.05, 4.69) is 30.9 Å². The average molecular weight is 818 g/mol. The number of imide groups is 1. The van der Waals surface area contributed by atoms with E-state index in [9.17, 15) is 32.8 Å². The summed E-state index contributed by atoms with van der Waals surface area (Å²) in [6.45, 7) is 8.01. The number of piperazine rings is 1. The number of benzene rings is 2. The van der Waals surface area contributed by atoms with E-state index in [0.29, 0.717) is 66.9 Å². The Balaban J connectivity index is 0.874. The molecule has 6 amide bonds. The van der Waals surface area contributed by atoms with Gasteiger partial charge in [0.15, 0.2) is 5.82 Å². The van der Waals surface area contributed by atoms with Crippen LogP contribution in [0.5, 0.6) is 5.75 Å². The van der Waals surface area contributed by atoms with Crippen LogP contribution in [-0.2, 0) is 9.59 Å². The Morgan fingerprint density at radius 2 is 1.66 bits per heavy atom. The number of methoxy groups -OCH3 is 1. The van der Waals surface area contributed by atoms with Gasteiger partial charge in [-0.25, -0.2) is 14.8 Å². The number of fused-ring (bicyclic) bond motifs is 1. The summed E-state index contributed by atoms with van der Waals surface area (Å²) in [4.78, 5) is 79.5. The van der Waals surface area contributed by atoms with Gasteiger partial charge in [-0.05, 0) is 75.1 Å². The molecule has 0 spiro atoms. The van der Waals surface area contributed by atoms with Crippen molar-refractivity contribution in [3.63, 3.8) is 0 Å². The van der Waals surface area contributed by atoms with Crippen LogP contribution in [-0.4, -0.2) is 139 Å². The van der Waals surface area contributed by atoms with E-state index in [1.165, 1.54) is 30.2 Å². The Hall–Kier alpha value is -5.95. The SMILES string of the molecule is COc1cc(C(=O)NN2CCC(CN3CCN(C(=O)c4ccc(N5CCC(=O)NC5=O)cc4)CC3)CC2)ccc1Nc1ncc2c(n1)N(C(C)C)CC(F)(F)C(=O)N2C. The summed E-state index contributed by atoms with van der Waals surface area (Å²) < 4.78 is 35.1. The first-order valence-electron chi connectivity index (χ1n) is 19.7. The third-order valence-electron chi connectivity index (χ3n) is 11.2. The molecule has 4 aliphatic rings. The predicted octanol–water partition coefficient (Wildman–Crippen LogP) is 3.32. The van der Waals surface area contributed by atoms with Gasteiger partial charge < -0.3 is 24.8 Å². The molecule has 0 bridgehead atoms. The number of hydrazine groups is 1. The molecule has 7 rings (SSSR count). The molecule has 5 heterocycles. The molecule has 3 saturated heterocycles. The summed E-state index contributed by atoms with van der Waals surface area (Å²) in [7, 11) is 2.74. The van der Waals surface area contributed by atoms with Crippen LogP contribution in [0.4, 0.5) is 42.4 Å². The number of aromatic nitrogens is 2. The number of hydrogen-bond acceptors (Lipinski definition) is 12. The molecular formula is C40H49F2N11O6. The summed E-state index contributed by atoms with van der Waals surface area (Å²) in [5.74, 6) is -4.50. The maximum absolute atomic E-state index is 14.7. The lowest BCUT2D eigenvalue weighted by Gasteiger charge is -2.39. The first-order valence-corrected chi connectivity index (χ1v) is 19.7. The fourth-order valence-corrected chi connectivity index (χ4v) is 7.78. The number of urea groups is 1. The van der Waals surface area contributed by atoms with Crippen LogP contribution < -0.4 is 35.5 Å². The standard InChI is InChI=1S/C40H49F2N11O6/c1-25(2)53-24-40(41,42)37(57)48(3)31-22-43-38(46-34(31)53)44-30-10-7-28(21-32(30)59-4)35(55)47-51-14-11-26(12-15-51)23-49-17-19-50(20-18-49)36(56)27-5-8-29(9-6-27)52-16-13-33(54)45-39(52)58/h5-10,21-22,25-26H,11-20,23-24H2,1-4H3,(H,47,55)(H,43,44,46)(H,45,54,58). The Morgan fingerprint density at radius 3 is 2.32 bits per heavy atom. The van der Waals surface area contributed by atoms with Gasteiger partial charge in [0.05, 0.1) is 25.5 Å². The number of nitrogens with zero attached hydrogens (tertiary/aromatic N) is 8. The summed E-state index contributed by atoms with van der Waals surface area (Å²) in [6, 6.07) is 11.0. The number of anilines is 5. The number of ether oxygens (including phenoxy) is 1. The number of nitrogens with one attached hydrogen (secondary N) is 3. The molecule has 314 valence electrons. The molecule has 3 fully saturated rings. The molecule has 17 nitrogen and oxygen atoms in total. The van der Waals surface area contributed by atoms with Crippen LogP contribution in [0.25, 0.3) is 0 Å². The zero-order valence-corrected chi connectivity index (χ0v) is 33.5. The second-order valence-electron chi connectivity index (χ2n) is 15.5.